The first kappa shape index (κ1) is 101. The van der Waals surface area contributed by atoms with E-state index < -0.39 is 317 Å². The van der Waals surface area contributed by atoms with Crippen molar-refractivity contribution in [3.63, 3.8) is 0 Å². The molecule has 49 heteroatoms. The SMILES string of the molecule is O=C(NCCN(CCNC(=O)c1ccc(C(=O)OC(CN[C@H]2O[C@H](CO)[C@@H](O)[C@H](O)[C@@H]2O)CN[C@H]2O[C@H](CO)[C@@H](O)[C@H](O)[C@@H]2O)cc1)CCNC(=O)c1ccc(C(=O)OC(CN[C@H]2O[C@H](CO)[C@@H](O)[C@H](O)[C@@H]2O)CN[C@H]2O[C@H](CO)[C@@H](O)[C@H](O)[C@@H]2O)cc1)c1ccc(C(=O)OC(CN[C@H]2O[C@H](CO)[C@@H](O)[C@H](O)[C@@H]2O)CN[C@H]2O[C@H](CO)[C@@H](O)[C@H](O)[C@@H]2O)cc1. The monoisotopic (exact) mass is 1780 g/mol. The van der Waals surface area contributed by atoms with Crippen LogP contribution in [-0.4, -0.2) is 483 Å². The number of carbonyl (C=O) groups excluding carboxylic acids is 6. The van der Waals surface area contributed by atoms with Crippen LogP contribution in [0.15, 0.2) is 72.8 Å². The number of nitrogens with one attached hydrogen (secondary N) is 9. The first-order valence-electron chi connectivity index (χ1n) is 39.9. The van der Waals surface area contributed by atoms with Crippen LogP contribution in [0.3, 0.4) is 0 Å². The first-order valence-corrected chi connectivity index (χ1v) is 39.9. The topological polar surface area (TPSA) is 783 Å². The van der Waals surface area contributed by atoms with Gasteiger partial charge in [0.05, 0.1) is 56.3 Å². The standard InChI is InChI=1S/C75H114N10O39/c86-25-40-46(92)52(98)58(104)67(119-40)79-19-37(20-80-68-59(105)53(99)47(93)41(26-87)120-68)116-73(113)34-7-1-31(2-8-34)64(110)76-13-16-85(17-14-77-65(111)32-3-9-35(10-4-32)74(114)117-38(21-81-69-60(106)54(100)48(94)42(27-88)121-69)22-82-70-61(107)55(101)49(95)43(28-89)122-70)18-15-78-66(112)33-5-11-36(12-6-33)75(115)118-39(23-83-71-62(108)56(102)50(96)44(29-90)123-71)24-84-72-63(109)57(103)51(97)45(30-91)124-72/h1-12,37-63,67-72,79-84,86-109H,13-30H2,(H,76,110)(H,77,111)(H,78,112)/t40-,41-,42-,43-,44-,45-,46-,47-,48-,49-,50-,51-,52+,53+,54+,55+,56+,57+,58+,59+,60+,61+,62+,63+,67+,68+,69+,70+,71+,72+/m1/s1. The van der Waals surface area contributed by atoms with Gasteiger partial charge in [0.15, 0.2) is 0 Å². The zero-order chi connectivity index (χ0) is 90.5. The van der Waals surface area contributed by atoms with Gasteiger partial charge in [-0.25, -0.2) is 14.4 Å². The van der Waals surface area contributed by atoms with E-state index in [1.807, 2.05) is 0 Å². The molecule has 9 rings (SSSR count). The van der Waals surface area contributed by atoms with Crippen molar-refractivity contribution < 1.29 is 194 Å². The van der Waals surface area contributed by atoms with E-state index >= 15 is 0 Å². The molecule has 0 radical (unpaired) electrons. The molecule has 3 aromatic carbocycles. The van der Waals surface area contributed by atoms with Crippen molar-refractivity contribution in [2.45, 2.75) is 202 Å². The van der Waals surface area contributed by atoms with E-state index in [1.54, 1.807) is 4.90 Å². The lowest BCUT2D eigenvalue weighted by Gasteiger charge is -2.41. The number of hydrogen-bond donors (Lipinski definition) is 33. The summed E-state index contributed by atoms with van der Waals surface area (Å²) in [5, 5.41) is 272. The molecule has 49 nitrogen and oxygen atoms in total. The van der Waals surface area contributed by atoms with Crippen LogP contribution in [-0.2, 0) is 42.6 Å². The van der Waals surface area contributed by atoms with Gasteiger partial charge in [0, 0.05) is 95.2 Å². The zero-order valence-corrected chi connectivity index (χ0v) is 66.5. The van der Waals surface area contributed by atoms with E-state index in [9.17, 15) is 151 Å². The minimum Gasteiger partial charge on any atom is -0.456 e. The average molecular weight is 1780 g/mol. The Morgan fingerprint density at radius 3 is 0.581 bits per heavy atom. The highest BCUT2D eigenvalue weighted by Crippen LogP contribution is 2.27. The second-order valence-corrected chi connectivity index (χ2v) is 30.4. The molecule has 6 saturated heterocycles. The zero-order valence-electron chi connectivity index (χ0n) is 66.5. The normalized spacial score (nSPS) is 34.1. The third-order valence-electron chi connectivity index (χ3n) is 21.7. The number of carbonyl (C=O) groups is 6. The van der Waals surface area contributed by atoms with Gasteiger partial charge < -0.3 is 181 Å². The molecule has 0 bridgehead atoms. The van der Waals surface area contributed by atoms with E-state index in [2.05, 4.69) is 47.9 Å². The van der Waals surface area contributed by atoms with Gasteiger partial charge in [-0.15, -0.1) is 0 Å². The number of esters is 3. The molecule has 33 N–H and O–H groups in total. The molecule has 0 unspecified atom stereocenters. The largest absolute Gasteiger partial charge is 0.456 e. The summed E-state index contributed by atoms with van der Waals surface area (Å²) in [5.74, 6) is -4.94. The van der Waals surface area contributed by atoms with Crippen LogP contribution >= 0.6 is 0 Å². The molecule has 0 aromatic heterocycles. The molecule has 124 heavy (non-hydrogen) atoms. The van der Waals surface area contributed by atoms with Crippen LogP contribution in [0.5, 0.6) is 0 Å². The van der Waals surface area contributed by atoms with Crippen molar-refractivity contribution in [3.8, 4) is 0 Å². The minimum absolute atomic E-state index is 0.0336. The Morgan fingerprint density at radius 2 is 0.419 bits per heavy atom. The van der Waals surface area contributed by atoms with Crippen molar-refractivity contribution in [3.05, 3.63) is 106 Å². The predicted molar refractivity (Wildman–Crippen MR) is 411 cm³/mol. The number of hydrogen-bond acceptors (Lipinski definition) is 46. The number of nitrogens with zero attached hydrogens (tertiary/aromatic N) is 1. The Morgan fingerprint density at radius 1 is 0.258 bits per heavy atom. The van der Waals surface area contributed by atoms with E-state index in [4.69, 9.17) is 42.6 Å². The Hall–Kier alpha value is -7.00. The van der Waals surface area contributed by atoms with Gasteiger partial charge in [-0.3, -0.25) is 51.2 Å². The van der Waals surface area contributed by atoms with Gasteiger partial charge in [-0.1, -0.05) is 0 Å². The highest BCUT2D eigenvalue weighted by atomic mass is 16.6. The average Bonchev–Trinajstić information content (AvgIpc) is 0.826. The fourth-order valence-corrected chi connectivity index (χ4v) is 14.1. The predicted octanol–water partition coefficient (Wildman–Crippen LogP) is -17.5. The maximum Gasteiger partial charge on any atom is 0.338 e. The van der Waals surface area contributed by atoms with Gasteiger partial charge in [0.25, 0.3) is 17.7 Å². The van der Waals surface area contributed by atoms with Crippen LogP contribution in [0, 0.1) is 0 Å². The molecule has 0 spiro atoms. The minimum atomic E-state index is -1.79. The number of aliphatic hydroxyl groups is 24. The maximum atomic E-state index is 13.8. The van der Waals surface area contributed by atoms with Crippen molar-refractivity contribution in [2.24, 2.45) is 0 Å². The number of rotatable bonds is 42. The third kappa shape index (κ3) is 26.2. The second-order valence-electron chi connectivity index (χ2n) is 30.4. The maximum absolute atomic E-state index is 13.8. The van der Waals surface area contributed by atoms with Crippen LogP contribution in [0.1, 0.15) is 62.1 Å². The molecular formula is C75H114N10O39. The number of benzene rings is 3. The summed E-state index contributed by atoms with van der Waals surface area (Å²) >= 11 is 0. The fourth-order valence-electron chi connectivity index (χ4n) is 14.1. The highest BCUT2D eigenvalue weighted by molar-refractivity contribution is 5.98. The molecule has 3 amide bonds. The van der Waals surface area contributed by atoms with Crippen molar-refractivity contribution in [1.29, 1.82) is 0 Å². The van der Waals surface area contributed by atoms with Gasteiger partial charge in [0.1, 0.15) is 202 Å². The summed E-state index contributed by atoms with van der Waals surface area (Å²) in [5.41, 5.74) is -0.234. The van der Waals surface area contributed by atoms with Crippen molar-refractivity contribution >= 4 is 35.6 Å². The van der Waals surface area contributed by atoms with E-state index in [0.29, 0.717) is 0 Å². The number of amides is 3. The van der Waals surface area contributed by atoms with E-state index in [-0.39, 0.29) is 72.6 Å². The molecule has 3 aromatic rings. The second kappa shape index (κ2) is 47.9. The quantitative estimate of drug-likeness (QED) is 0.0185. The van der Waals surface area contributed by atoms with Gasteiger partial charge in [0.2, 0.25) is 0 Å². The summed E-state index contributed by atoms with van der Waals surface area (Å²) in [6, 6.07) is 15.2. The molecular weight excluding hydrogens is 1660 g/mol. The smallest absolute Gasteiger partial charge is 0.338 e. The molecule has 0 saturated carbocycles. The van der Waals surface area contributed by atoms with Crippen LogP contribution in [0.2, 0.25) is 0 Å². The van der Waals surface area contributed by atoms with E-state index in [0.717, 1.165) is 0 Å². The lowest BCUT2D eigenvalue weighted by Crippen LogP contribution is -2.64. The molecule has 6 aliphatic heterocycles. The summed E-state index contributed by atoms with van der Waals surface area (Å²) < 4.78 is 50.4. The molecule has 6 aliphatic rings. The lowest BCUT2D eigenvalue weighted by molar-refractivity contribution is -0.239. The molecule has 698 valence electrons. The summed E-state index contributed by atoms with van der Waals surface area (Å²) in [7, 11) is 0. The van der Waals surface area contributed by atoms with Crippen LogP contribution in [0.25, 0.3) is 0 Å². The number of aliphatic hydroxyl groups excluding tert-OH is 24. The van der Waals surface area contributed by atoms with Crippen LogP contribution in [0.4, 0.5) is 0 Å². The molecule has 0 aliphatic carbocycles. The van der Waals surface area contributed by atoms with Crippen LogP contribution < -0.4 is 47.9 Å². The molecule has 6 heterocycles. The van der Waals surface area contributed by atoms with Crippen molar-refractivity contribution in [2.75, 3.05) is 118 Å². The Bertz CT molecular complexity index is 3300. The summed E-state index contributed by atoms with van der Waals surface area (Å²) in [6.45, 7) is -7.14. The van der Waals surface area contributed by atoms with Gasteiger partial charge in [-0.05, 0) is 72.8 Å². The van der Waals surface area contributed by atoms with Gasteiger partial charge >= 0.3 is 17.9 Å². The number of ether oxygens (including phenoxy) is 9. The lowest BCUT2D eigenvalue weighted by atomic mass is 9.98. The van der Waals surface area contributed by atoms with Gasteiger partial charge in [-0.2, -0.15) is 0 Å². The third-order valence-corrected chi connectivity index (χ3v) is 21.7. The first-order chi connectivity index (χ1) is 59.1. The Kier molecular flexibility index (Phi) is 38.9. The van der Waals surface area contributed by atoms with Crippen molar-refractivity contribution in [1.82, 2.24) is 52.8 Å². The summed E-state index contributed by atoms with van der Waals surface area (Å²) in [6.07, 6.45) is -52.1. The van der Waals surface area contributed by atoms with E-state index in [1.165, 1.54) is 72.8 Å². The Labute approximate surface area is 706 Å². The highest BCUT2D eigenvalue weighted by Gasteiger charge is 2.50. The molecule has 6 fully saturated rings. The Balaban J connectivity index is 0.846. The summed E-state index contributed by atoms with van der Waals surface area (Å²) in [4.78, 5) is 84.3. The fraction of sp³-hybridized carbons (Fsp3) is 0.680. The molecule has 30 atom stereocenters.